The number of nitrogen functional groups attached to an aromatic ring is 1. The number of carbonyl (C=O) groups excluding carboxylic acids is 1. The molecule has 0 aliphatic carbocycles. The van der Waals surface area contributed by atoms with Crippen molar-refractivity contribution in [1.82, 2.24) is 14.9 Å². The van der Waals surface area contributed by atoms with Gasteiger partial charge in [0.25, 0.3) is 0 Å². The summed E-state index contributed by atoms with van der Waals surface area (Å²) in [4.78, 5) is 12.2. The summed E-state index contributed by atoms with van der Waals surface area (Å²) < 4.78 is 2.54. The van der Waals surface area contributed by atoms with Crippen molar-refractivity contribution in [2.75, 3.05) is 16.9 Å². The molecule has 0 aliphatic heterocycles. The van der Waals surface area contributed by atoms with Crippen LogP contribution in [-0.2, 0) is 4.79 Å². The first kappa shape index (κ1) is 17.7. The van der Waals surface area contributed by atoms with E-state index in [1.807, 2.05) is 55.5 Å². The monoisotopic (exact) mass is 465 g/mol. The van der Waals surface area contributed by atoms with Gasteiger partial charge in [-0.15, -0.1) is 10.2 Å². The van der Waals surface area contributed by atoms with Crippen LogP contribution in [0, 0.1) is 10.5 Å². The van der Waals surface area contributed by atoms with E-state index >= 15 is 0 Å². The van der Waals surface area contributed by atoms with Crippen molar-refractivity contribution in [3.8, 4) is 11.4 Å². The Kier molecular flexibility index (Phi) is 5.59. The molecule has 3 N–H and O–H groups in total. The Morgan fingerprint density at radius 3 is 2.72 bits per heavy atom. The third kappa shape index (κ3) is 4.31. The molecule has 0 radical (unpaired) electrons. The number of anilines is 1. The molecular formula is C17H16IN5OS. The first-order valence-electron chi connectivity index (χ1n) is 7.49. The van der Waals surface area contributed by atoms with Gasteiger partial charge in [0.05, 0.1) is 5.75 Å². The van der Waals surface area contributed by atoms with E-state index in [0.29, 0.717) is 11.0 Å². The number of benzene rings is 2. The average molecular weight is 465 g/mol. The molecule has 0 unspecified atom stereocenters. The Hall–Kier alpha value is -2.07. The fourth-order valence-corrected chi connectivity index (χ4v) is 3.55. The maximum atomic E-state index is 12.2. The second-order valence-electron chi connectivity index (χ2n) is 5.34. The molecule has 0 saturated heterocycles. The van der Waals surface area contributed by atoms with Gasteiger partial charge in [-0.25, -0.2) is 4.68 Å². The van der Waals surface area contributed by atoms with Crippen LogP contribution < -0.4 is 11.2 Å². The van der Waals surface area contributed by atoms with Gasteiger partial charge in [0.2, 0.25) is 11.1 Å². The molecule has 0 fully saturated rings. The summed E-state index contributed by atoms with van der Waals surface area (Å²) in [6.07, 6.45) is 0. The van der Waals surface area contributed by atoms with Gasteiger partial charge in [0, 0.05) is 14.8 Å². The Morgan fingerprint density at radius 2 is 2.00 bits per heavy atom. The number of nitrogens with zero attached hydrogens (tertiary/aromatic N) is 3. The predicted octanol–water partition coefficient (Wildman–Crippen LogP) is 3.30. The van der Waals surface area contributed by atoms with Gasteiger partial charge in [-0.1, -0.05) is 42.1 Å². The molecule has 25 heavy (non-hydrogen) atoms. The zero-order valence-electron chi connectivity index (χ0n) is 13.4. The van der Waals surface area contributed by atoms with E-state index in [1.54, 1.807) is 0 Å². The van der Waals surface area contributed by atoms with Gasteiger partial charge in [0.15, 0.2) is 5.82 Å². The maximum Gasteiger partial charge on any atom is 0.234 e. The van der Waals surface area contributed by atoms with Crippen LogP contribution in [0.1, 0.15) is 5.56 Å². The minimum atomic E-state index is -0.112. The first-order chi connectivity index (χ1) is 12.0. The molecule has 0 saturated carbocycles. The van der Waals surface area contributed by atoms with Crippen molar-refractivity contribution < 1.29 is 4.79 Å². The Labute approximate surface area is 163 Å². The van der Waals surface area contributed by atoms with E-state index in [2.05, 4.69) is 38.1 Å². The van der Waals surface area contributed by atoms with E-state index in [1.165, 1.54) is 16.4 Å². The quantitative estimate of drug-likeness (QED) is 0.343. The molecule has 3 aromatic rings. The maximum absolute atomic E-state index is 12.2. The number of nitrogens with one attached hydrogen (secondary N) is 1. The van der Waals surface area contributed by atoms with Crippen LogP contribution in [0.25, 0.3) is 11.4 Å². The minimum Gasteiger partial charge on any atom is -0.335 e. The molecule has 1 aromatic heterocycles. The van der Waals surface area contributed by atoms with Crippen molar-refractivity contribution in [1.29, 1.82) is 0 Å². The van der Waals surface area contributed by atoms with Gasteiger partial charge in [-0.2, -0.15) is 0 Å². The fraction of sp³-hybridized carbons (Fsp3) is 0.118. The summed E-state index contributed by atoms with van der Waals surface area (Å²) in [6, 6.07) is 15.4. The number of hydrogen-bond acceptors (Lipinski definition) is 5. The van der Waals surface area contributed by atoms with Crippen molar-refractivity contribution in [2.24, 2.45) is 0 Å². The lowest BCUT2D eigenvalue weighted by Gasteiger charge is -2.08. The lowest BCUT2D eigenvalue weighted by Crippen LogP contribution is -2.17. The van der Waals surface area contributed by atoms with Crippen molar-refractivity contribution in [3.63, 3.8) is 0 Å². The highest BCUT2D eigenvalue weighted by atomic mass is 127. The largest absolute Gasteiger partial charge is 0.335 e. The lowest BCUT2D eigenvalue weighted by atomic mass is 10.2. The van der Waals surface area contributed by atoms with Gasteiger partial charge in [-0.3, -0.25) is 4.79 Å². The zero-order chi connectivity index (χ0) is 17.8. The smallest absolute Gasteiger partial charge is 0.234 e. The molecule has 1 amide bonds. The van der Waals surface area contributed by atoms with E-state index in [9.17, 15) is 4.79 Å². The van der Waals surface area contributed by atoms with Gasteiger partial charge in [0.1, 0.15) is 0 Å². The Morgan fingerprint density at radius 1 is 1.24 bits per heavy atom. The fourth-order valence-electron chi connectivity index (χ4n) is 2.24. The molecule has 8 heteroatoms. The predicted molar refractivity (Wildman–Crippen MR) is 109 cm³/mol. The van der Waals surface area contributed by atoms with Gasteiger partial charge >= 0.3 is 0 Å². The number of halogens is 1. The number of aryl methyl sites for hydroxylation is 1. The van der Waals surface area contributed by atoms with Crippen LogP contribution in [0.2, 0.25) is 0 Å². The number of amides is 1. The average Bonchev–Trinajstić information content (AvgIpc) is 2.97. The van der Waals surface area contributed by atoms with E-state index in [4.69, 9.17) is 5.84 Å². The van der Waals surface area contributed by atoms with Crippen LogP contribution in [0.3, 0.4) is 0 Å². The van der Waals surface area contributed by atoms with Gasteiger partial charge in [-0.05, 0) is 53.3 Å². The van der Waals surface area contributed by atoms with Crippen molar-refractivity contribution >= 4 is 45.9 Å². The zero-order valence-corrected chi connectivity index (χ0v) is 16.4. The molecule has 1 heterocycles. The molecule has 0 spiro atoms. The second kappa shape index (κ2) is 7.87. The summed E-state index contributed by atoms with van der Waals surface area (Å²) in [6.45, 7) is 1.97. The van der Waals surface area contributed by atoms with E-state index < -0.39 is 0 Å². The third-order valence-electron chi connectivity index (χ3n) is 3.49. The number of nitrogens with two attached hydrogens (primary N) is 1. The molecular weight excluding hydrogens is 449 g/mol. The van der Waals surface area contributed by atoms with Crippen LogP contribution in [0.15, 0.2) is 53.7 Å². The highest BCUT2D eigenvalue weighted by Crippen LogP contribution is 2.22. The first-order valence-corrected chi connectivity index (χ1v) is 9.56. The molecule has 128 valence electrons. The number of hydrogen-bond donors (Lipinski definition) is 2. The Balaban J connectivity index is 1.64. The highest BCUT2D eigenvalue weighted by molar-refractivity contribution is 14.1. The third-order valence-corrected chi connectivity index (χ3v) is 5.11. The summed E-state index contributed by atoms with van der Waals surface area (Å²) in [7, 11) is 0. The normalized spacial score (nSPS) is 10.6. The molecule has 3 rings (SSSR count). The lowest BCUT2D eigenvalue weighted by molar-refractivity contribution is -0.113. The van der Waals surface area contributed by atoms with Gasteiger partial charge < -0.3 is 11.2 Å². The summed E-state index contributed by atoms with van der Waals surface area (Å²) in [5, 5.41) is 11.6. The standard InChI is InChI=1S/C17H16IN5OS/c1-11-9-13(18)7-8-14(11)20-15(24)10-25-17-22-21-16(23(17)19)12-5-3-2-4-6-12/h2-9H,10,19H2,1H3,(H,20,24). The second-order valence-corrected chi connectivity index (χ2v) is 7.53. The summed E-state index contributed by atoms with van der Waals surface area (Å²) in [5.74, 6) is 6.71. The van der Waals surface area contributed by atoms with Crippen LogP contribution in [0.4, 0.5) is 5.69 Å². The number of rotatable bonds is 5. The highest BCUT2D eigenvalue weighted by Gasteiger charge is 2.14. The van der Waals surface area contributed by atoms with Crippen LogP contribution >= 0.6 is 34.4 Å². The summed E-state index contributed by atoms with van der Waals surface area (Å²) >= 11 is 3.49. The number of thioether (sulfide) groups is 1. The number of aromatic nitrogens is 3. The summed E-state index contributed by atoms with van der Waals surface area (Å²) in [5.41, 5.74) is 2.71. The topological polar surface area (TPSA) is 85.8 Å². The van der Waals surface area contributed by atoms with E-state index in [-0.39, 0.29) is 11.7 Å². The molecule has 6 nitrogen and oxygen atoms in total. The Bertz CT molecular complexity index is 897. The molecule has 2 aromatic carbocycles. The molecule has 0 bridgehead atoms. The van der Waals surface area contributed by atoms with Crippen molar-refractivity contribution in [2.45, 2.75) is 12.1 Å². The molecule has 0 atom stereocenters. The minimum absolute atomic E-state index is 0.112. The van der Waals surface area contributed by atoms with Crippen LogP contribution in [0.5, 0.6) is 0 Å². The van der Waals surface area contributed by atoms with Crippen molar-refractivity contribution in [3.05, 3.63) is 57.7 Å². The SMILES string of the molecule is Cc1cc(I)ccc1NC(=O)CSc1nnc(-c2ccccc2)n1N. The molecule has 0 aliphatic rings. The van der Waals surface area contributed by atoms with Crippen LogP contribution in [-0.4, -0.2) is 26.5 Å². The van der Waals surface area contributed by atoms with E-state index in [0.717, 1.165) is 20.4 Å². The number of carbonyl (C=O) groups is 1.